The van der Waals surface area contributed by atoms with Crippen molar-refractivity contribution in [2.75, 3.05) is 0 Å². The molecule has 1 aliphatic heterocycles. The van der Waals surface area contributed by atoms with Crippen LogP contribution in [0.1, 0.15) is 4.88 Å². The summed E-state index contributed by atoms with van der Waals surface area (Å²) in [5.41, 5.74) is 2.78. The van der Waals surface area contributed by atoms with E-state index in [9.17, 15) is 4.79 Å². The highest BCUT2D eigenvalue weighted by molar-refractivity contribution is 7.80. The summed E-state index contributed by atoms with van der Waals surface area (Å²) >= 11 is 6.22. The zero-order valence-electron chi connectivity index (χ0n) is 7.95. The van der Waals surface area contributed by atoms with E-state index in [1.807, 2.05) is 17.5 Å². The Morgan fingerprint density at radius 1 is 1.56 bits per heavy atom. The van der Waals surface area contributed by atoms with Crippen LogP contribution in [0.2, 0.25) is 0 Å². The fraction of sp³-hybridized carbons (Fsp3) is 0. The number of carbonyl (C=O) groups is 1. The van der Waals surface area contributed by atoms with Crippen molar-refractivity contribution >= 4 is 40.7 Å². The Balaban J connectivity index is 2.35. The Morgan fingerprint density at radius 3 is 3.06 bits per heavy atom. The van der Waals surface area contributed by atoms with Gasteiger partial charge in [0.05, 0.1) is 0 Å². The van der Waals surface area contributed by atoms with E-state index in [-0.39, 0.29) is 10.8 Å². The van der Waals surface area contributed by atoms with E-state index >= 15 is 0 Å². The third-order valence-electron chi connectivity index (χ3n) is 1.76. The Morgan fingerprint density at radius 2 is 2.38 bits per heavy atom. The smallest absolute Gasteiger partial charge is 0.264 e. The third-order valence-corrected chi connectivity index (χ3v) is 2.85. The summed E-state index contributed by atoms with van der Waals surface area (Å²) in [6.07, 6.45) is 1.65. The van der Waals surface area contributed by atoms with Gasteiger partial charge in [0.15, 0.2) is 5.70 Å². The number of thiocarbonyl (C=S) groups is 1. The van der Waals surface area contributed by atoms with Gasteiger partial charge in [-0.05, 0) is 29.7 Å². The normalized spacial score (nSPS) is 15.3. The van der Waals surface area contributed by atoms with E-state index in [1.54, 1.807) is 6.08 Å². The Kier molecular flexibility index (Phi) is 3.02. The first-order chi connectivity index (χ1) is 7.68. The number of hydrazine groups is 1. The van der Waals surface area contributed by atoms with Crippen LogP contribution in [0.15, 0.2) is 39.2 Å². The molecule has 0 fully saturated rings. The van der Waals surface area contributed by atoms with Crippen LogP contribution in [-0.2, 0) is 4.79 Å². The minimum atomic E-state index is -0.507. The number of thiophene rings is 1. The molecular formula is C9H6N4OS2. The van der Waals surface area contributed by atoms with Crippen molar-refractivity contribution in [3.05, 3.63) is 33.8 Å². The van der Waals surface area contributed by atoms with Gasteiger partial charge in [0, 0.05) is 4.88 Å². The molecule has 16 heavy (non-hydrogen) atoms. The van der Waals surface area contributed by atoms with E-state index in [0.29, 0.717) is 0 Å². The Hall–Kier alpha value is -1.66. The molecule has 5 nitrogen and oxygen atoms in total. The molecule has 0 aliphatic carbocycles. The molecule has 7 heteroatoms. The van der Waals surface area contributed by atoms with Crippen molar-refractivity contribution in [1.82, 2.24) is 5.01 Å². The fourth-order valence-electron chi connectivity index (χ4n) is 0.988. The number of rotatable bonds is 1. The molecule has 2 N–H and O–H groups in total. The monoisotopic (exact) mass is 250 g/mol. The molecule has 0 aromatic carbocycles. The SMILES string of the molecule is NN1C(=O)C(=C=Cc2cccs2)N=NC1=S. The Labute approximate surface area is 101 Å². The van der Waals surface area contributed by atoms with Gasteiger partial charge in [-0.25, -0.2) is 10.9 Å². The van der Waals surface area contributed by atoms with E-state index in [1.165, 1.54) is 11.3 Å². The molecule has 1 amide bonds. The summed E-state index contributed by atoms with van der Waals surface area (Å²) in [6.45, 7) is 0. The van der Waals surface area contributed by atoms with Crippen molar-refractivity contribution in [1.29, 1.82) is 0 Å². The van der Waals surface area contributed by atoms with E-state index in [4.69, 9.17) is 18.1 Å². The highest BCUT2D eigenvalue weighted by Gasteiger charge is 2.23. The maximum atomic E-state index is 11.5. The van der Waals surface area contributed by atoms with Crippen LogP contribution < -0.4 is 5.84 Å². The average molecular weight is 250 g/mol. The molecule has 1 aliphatic rings. The standard InChI is InChI=1S/C9H6N4OS2/c10-13-8(14)7(11-12-9(13)15)4-3-6-2-1-5-16-6/h1-3,5H,10H2. The molecule has 0 bridgehead atoms. The van der Waals surface area contributed by atoms with Gasteiger partial charge < -0.3 is 0 Å². The van der Waals surface area contributed by atoms with Gasteiger partial charge in [-0.15, -0.1) is 21.6 Å². The first-order valence-corrected chi connectivity index (χ1v) is 5.52. The molecule has 0 radical (unpaired) electrons. The summed E-state index contributed by atoms with van der Waals surface area (Å²) in [6, 6.07) is 3.80. The first kappa shape index (κ1) is 10.8. The van der Waals surface area contributed by atoms with Crippen molar-refractivity contribution < 1.29 is 4.79 Å². The zero-order valence-corrected chi connectivity index (χ0v) is 9.59. The summed E-state index contributed by atoms with van der Waals surface area (Å²) in [5.74, 6) is 4.87. The lowest BCUT2D eigenvalue weighted by Gasteiger charge is -2.15. The van der Waals surface area contributed by atoms with E-state index < -0.39 is 5.91 Å². The molecule has 1 aromatic heterocycles. The average Bonchev–Trinajstić information content (AvgIpc) is 2.78. The van der Waals surface area contributed by atoms with Gasteiger partial charge in [0.2, 0.25) is 5.11 Å². The quantitative estimate of drug-likeness (QED) is 0.271. The van der Waals surface area contributed by atoms with Crippen molar-refractivity contribution in [2.45, 2.75) is 0 Å². The van der Waals surface area contributed by atoms with Crippen LogP contribution in [0.25, 0.3) is 6.08 Å². The van der Waals surface area contributed by atoms with Crippen molar-refractivity contribution in [3.63, 3.8) is 0 Å². The van der Waals surface area contributed by atoms with Crippen molar-refractivity contribution in [2.24, 2.45) is 16.1 Å². The van der Waals surface area contributed by atoms with Crippen molar-refractivity contribution in [3.8, 4) is 0 Å². The molecule has 0 unspecified atom stereocenters. The molecule has 0 saturated carbocycles. The van der Waals surface area contributed by atoms with E-state index in [2.05, 4.69) is 16.0 Å². The molecule has 0 saturated heterocycles. The van der Waals surface area contributed by atoms with Crippen LogP contribution in [0.3, 0.4) is 0 Å². The predicted octanol–water partition coefficient (Wildman–Crippen LogP) is 1.70. The van der Waals surface area contributed by atoms with Gasteiger partial charge in [-0.1, -0.05) is 11.8 Å². The molecule has 2 rings (SSSR count). The molecule has 1 aromatic rings. The van der Waals surface area contributed by atoms with Crippen LogP contribution in [0, 0.1) is 0 Å². The van der Waals surface area contributed by atoms with Gasteiger partial charge in [0.25, 0.3) is 0 Å². The lowest BCUT2D eigenvalue weighted by atomic mass is 10.3. The van der Waals surface area contributed by atoms with Crippen LogP contribution >= 0.6 is 23.6 Å². The molecule has 0 atom stereocenters. The number of hydrogen-bond acceptors (Lipinski definition) is 5. The summed E-state index contributed by atoms with van der Waals surface area (Å²) in [4.78, 5) is 12.5. The van der Waals surface area contributed by atoms with Crippen LogP contribution in [0.4, 0.5) is 0 Å². The predicted molar refractivity (Wildman–Crippen MR) is 64.3 cm³/mol. The van der Waals surface area contributed by atoms with Gasteiger partial charge in [-0.2, -0.15) is 0 Å². The fourth-order valence-corrected chi connectivity index (χ4v) is 1.71. The number of nitrogens with two attached hydrogens (primary N) is 1. The number of nitrogens with zero attached hydrogens (tertiary/aromatic N) is 3. The summed E-state index contributed by atoms with van der Waals surface area (Å²) < 4.78 is 0. The third kappa shape index (κ3) is 2.12. The number of carbonyl (C=O) groups excluding carboxylic acids is 1. The van der Waals surface area contributed by atoms with Crippen LogP contribution in [0.5, 0.6) is 0 Å². The minimum absolute atomic E-state index is 0.0458. The maximum absolute atomic E-state index is 11.5. The number of amides is 1. The van der Waals surface area contributed by atoms with Gasteiger partial charge >= 0.3 is 5.91 Å². The number of hydrogen-bond donors (Lipinski definition) is 1. The van der Waals surface area contributed by atoms with Gasteiger partial charge in [0.1, 0.15) is 0 Å². The summed E-state index contributed by atoms with van der Waals surface area (Å²) in [7, 11) is 0. The largest absolute Gasteiger partial charge is 0.303 e. The second-order valence-corrected chi connectivity index (χ2v) is 4.15. The Bertz CT molecular complexity index is 526. The molecule has 80 valence electrons. The zero-order chi connectivity index (χ0) is 11.5. The van der Waals surface area contributed by atoms with Gasteiger partial charge in [-0.3, -0.25) is 4.79 Å². The maximum Gasteiger partial charge on any atom is 0.303 e. The molecule has 0 spiro atoms. The topological polar surface area (TPSA) is 71.0 Å². The molecular weight excluding hydrogens is 244 g/mol. The molecule has 2 heterocycles. The minimum Gasteiger partial charge on any atom is -0.264 e. The highest BCUT2D eigenvalue weighted by atomic mass is 32.1. The lowest BCUT2D eigenvalue weighted by molar-refractivity contribution is -0.124. The van der Waals surface area contributed by atoms with Crippen LogP contribution in [-0.4, -0.2) is 16.0 Å². The second kappa shape index (κ2) is 4.46. The van der Waals surface area contributed by atoms with E-state index in [0.717, 1.165) is 9.89 Å². The summed E-state index contributed by atoms with van der Waals surface area (Å²) in [5, 5.41) is 9.84. The second-order valence-electron chi connectivity index (χ2n) is 2.81. The lowest BCUT2D eigenvalue weighted by Crippen LogP contribution is -2.43. The number of azo groups is 1. The first-order valence-electron chi connectivity index (χ1n) is 4.23. The highest BCUT2D eigenvalue weighted by Crippen LogP contribution is 2.12.